The van der Waals surface area contributed by atoms with Crippen LogP contribution in [0.4, 0.5) is 0 Å². The van der Waals surface area contributed by atoms with Crippen molar-refractivity contribution in [3.05, 3.63) is 0 Å². The van der Waals surface area contributed by atoms with E-state index >= 15 is 0 Å². The molecule has 0 radical (unpaired) electrons. The number of hydrogen-bond acceptors (Lipinski definition) is 4. The van der Waals surface area contributed by atoms with Crippen LogP contribution < -0.4 is 0 Å². The maximum absolute atomic E-state index is 12.8. The predicted octanol–water partition coefficient (Wildman–Crippen LogP) is 4.42. The zero-order valence-corrected chi connectivity index (χ0v) is 17.1. The Morgan fingerprint density at radius 2 is 1.78 bits per heavy atom. The molecule has 0 unspecified atom stereocenters. The predicted molar refractivity (Wildman–Crippen MR) is 102 cm³/mol. The molecule has 4 fully saturated rings. The number of hydrogen-bond donors (Lipinski definition) is 1. The summed E-state index contributed by atoms with van der Waals surface area (Å²) in [5.74, 6) is -1.19. The van der Waals surface area contributed by atoms with E-state index in [0.29, 0.717) is 43.4 Å². The Bertz CT molecular complexity index is 860. The Kier molecular flexibility index (Phi) is 3.72. The van der Waals surface area contributed by atoms with Gasteiger partial charge in [-0.15, -0.1) is 0 Å². The SMILES string of the molecule is [2H]C([2H])([2H])C(=O)[C@@]1([2H])CC[C@H]2[C@@H]3CC[C@H]4C[C@@H](OS(=O)(=O)O)CC[C@]4(C)[C@H]3CC[C@@]21C. The van der Waals surface area contributed by atoms with E-state index in [0.717, 1.165) is 32.1 Å². The summed E-state index contributed by atoms with van der Waals surface area (Å²) in [6, 6.07) is 0. The molecule has 5 nitrogen and oxygen atoms in total. The molecule has 6 heteroatoms. The summed E-state index contributed by atoms with van der Waals surface area (Å²) in [4.78, 5) is 12.8. The van der Waals surface area contributed by atoms with Crippen molar-refractivity contribution < 1.29 is 27.4 Å². The van der Waals surface area contributed by atoms with E-state index in [1.165, 1.54) is 0 Å². The molecule has 0 heterocycles. The molecule has 0 aromatic heterocycles. The van der Waals surface area contributed by atoms with Crippen molar-refractivity contribution in [3.63, 3.8) is 0 Å². The average molecular weight is 403 g/mol. The number of carbonyl (C=O) groups is 1. The topological polar surface area (TPSA) is 80.7 Å². The third kappa shape index (κ3) is 3.20. The van der Waals surface area contributed by atoms with Crippen LogP contribution in [0.2, 0.25) is 0 Å². The van der Waals surface area contributed by atoms with Crippen molar-refractivity contribution in [1.29, 1.82) is 0 Å². The molecule has 0 aliphatic heterocycles. The van der Waals surface area contributed by atoms with Gasteiger partial charge in [-0.3, -0.25) is 9.35 Å². The minimum Gasteiger partial charge on any atom is -0.300 e. The zero-order valence-electron chi connectivity index (χ0n) is 20.2. The highest BCUT2D eigenvalue weighted by atomic mass is 32.3. The van der Waals surface area contributed by atoms with Gasteiger partial charge >= 0.3 is 10.4 Å². The lowest BCUT2D eigenvalue weighted by Gasteiger charge is -2.61. The molecular weight excluding hydrogens is 364 g/mol. The second-order valence-corrected chi connectivity index (χ2v) is 10.9. The van der Waals surface area contributed by atoms with Crippen LogP contribution in [0, 0.1) is 40.4 Å². The molecule has 154 valence electrons. The molecule has 0 saturated heterocycles. The second kappa shape index (κ2) is 6.53. The monoisotopic (exact) mass is 402 g/mol. The van der Waals surface area contributed by atoms with Gasteiger partial charge in [-0.05, 0) is 99.1 Å². The number of Topliss-reactive ketones (excluding diaryl/α,β-unsaturated/α-hetero) is 1. The van der Waals surface area contributed by atoms with Gasteiger partial charge in [-0.2, -0.15) is 8.42 Å². The molecule has 27 heavy (non-hydrogen) atoms. The fraction of sp³-hybridized carbons (Fsp3) is 0.952. The Hall–Kier alpha value is -0.460. The van der Waals surface area contributed by atoms with E-state index in [4.69, 9.17) is 14.2 Å². The first-order valence-corrected chi connectivity index (χ1v) is 11.7. The zero-order chi connectivity index (χ0) is 23.0. The average Bonchev–Trinajstić information content (AvgIpc) is 2.91. The lowest BCUT2D eigenvalue weighted by atomic mass is 9.44. The minimum atomic E-state index is -4.46. The number of rotatable bonds is 3. The van der Waals surface area contributed by atoms with Crippen LogP contribution in [-0.4, -0.2) is 24.9 Å². The van der Waals surface area contributed by atoms with Gasteiger partial charge in [0, 0.05) is 11.4 Å². The molecule has 0 aromatic rings. The molecule has 4 rings (SSSR count). The van der Waals surface area contributed by atoms with E-state index in [9.17, 15) is 13.2 Å². The first-order valence-electron chi connectivity index (χ1n) is 12.3. The highest BCUT2D eigenvalue weighted by Crippen LogP contribution is 2.67. The van der Waals surface area contributed by atoms with Crippen LogP contribution in [-0.2, 0) is 19.4 Å². The molecule has 4 aliphatic rings. The van der Waals surface area contributed by atoms with Gasteiger partial charge in [-0.1, -0.05) is 13.8 Å². The molecule has 0 bridgehead atoms. The van der Waals surface area contributed by atoms with Gasteiger partial charge in [0.15, 0.2) is 0 Å². The molecule has 1 N–H and O–H groups in total. The first-order chi connectivity index (χ1) is 14.1. The van der Waals surface area contributed by atoms with Crippen molar-refractivity contribution in [3.8, 4) is 0 Å². The smallest absolute Gasteiger partial charge is 0.300 e. The Balaban J connectivity index is 1.56. The van der Waals surface area contributed by atoms with Crippen molar-refractivity contribution in [1.82, 2.24) is 0 Å². The molecule has 4 saturated carbocycles. The Morgan fingerprint density at radius 3 is 2.48 bits per heavy atom. The van der Waals surface area contributed by atoms with Crippen molar-refractivity contribution in [2.75, 3.05) is 0 Å². The van der Waals surface area contributed by atoms with Crippen molar-refractivity contribution >= 4 is 16.2 Å². The highest BCUT2D eigenvalue weighted by Gasteiger charge is 2.60. The molecular formula is C21H34O5S. The summed E-state index contributed by atoms with van der Waals surface area (Å²) in [6.07, 6.45) is 5.98. The van der Waals surface area contributed by atoms with Gasteiger partial charge in [0.2, 0.25) is 0 Å². The van der Waals surface area contributed by atoms with Gasteiger partial charge < -0.3 is 0 Å². The lowest BCUT2D eigenvalue weighted by molar-refractivity contribution is -0.137. The second-order valence-electron chi connectivity index (χ2n) is 9.88. The van der Waals surface area contributed by atoms with Crippen LogP contribution in [0.3, 0.4) is 0 Å². The molecule has 0 spiro atoms. The van der Waals surface area contributed by atoms with Crippen LogP contribution in [0.25, 0.3) is 0 Å². The number of ketones is 1. The van der Waals surface area contributed by atoms with Crippen LogP contribution in [0.15, 0.2) is 0 Å². The third-order valence-electron chi connectivity index (χ3n) is 8.93. The minimum absolute atomic E-state index is 0.0324. The fourth-order valence-corrected chi connectivity index (χ4v) is 8.18. The summed E-state index contributed by atoms with van der Waals surface area (Å²) in [5, 5.41) is 0. The van der Waals surface area contributed by atoms with E-state index in [1.54, 1.807) is 0 Å². The number of carbonyl (C=O) groups excluding carboxylic acids is 1. The van der Waals surface area contributed by atoms with E-state index < -0.39 is 40.4 Å². The molecule has 4 aliphatic carbocycles. The third-order valence-corrected chi connectivity index (χ3v) is 9.45. The van der Waals surface area contributed by atoms with Gasteiger partial charge in [0.25, 0.3) is 0 Å². The molecule has 0 amide bonds. The summed E-state index contributed by atoms with van der Waals surface area (Å²) in [5.41, 5.74) is -0.585. The Labute approximate surface area is 169 Å². The quantitative estimate of drug-likeness (QED) is 0.707. The highest BCUT2D eigenvalue weighted by molar-refractivity contribution is 7.80. The van der Waals surface area contributed by atoms with Crippen LogP contribution in [0.5, 0.6) is 0 Å². The van der Waals surface area contributed by atoms with E-state index in [1.807, 2.05) is 6.92 Å². The van der Waals surface area contributed by atoms with Crippen LogP contribution in [0.1, 0.15) is 84.0 Å². The van der Waals surface area contributed by atoms with Crippen molar-refractivity contribution in [2.24, 2.45) is 40.4 Å². The lowest BCUT2D eigenvalue weighted by Crippen LogP contribution is -2.54. The first kappa shape index (κ1) is 15.4. The summed E-state index contributed by atoms with van der Waals surface area (Å²) in [6.45, 7) is 1.52. The number of fused-ring (bicyclic) bond motifs is 5. The molecule has 0 aromatic carbocycles. The van der Waals surface area contributed by atoms with Crippen molar-refractivity contribution in [2.45, 2.75) is 84.6 Å². The normalized spacial score (nSPS) is 55.1. The Morgan fingerprint density at radius 1 is 1.07 bits per heavy atom. The fourth-order valence-electron chi connectivity index (χ4n) is 7.66. The van der Waals surface area contributed by atoms with Gasteiger partial charge in [0.05, 0.1) is 6.10 Å². The molecule has 8 atom stereocenters. The summed E-state index contributed by atoms with van der Waals surface area (Å²) >= 11 is 0. The van der Waals surface area contributed by atoms with E-state index in [2.05, 4.69) is 6.92 Å². The van der Waals surface area contributed by atoms with Gasteiger partial charge in [-0.25, -0.2) is 4.18 Å². The maximum Gasteiger partial charge on any atom is 0.397 e. The summed E-state index contributed by atoms with van der Waals surface area (Å²) in [7, 11) is -4.46. The van der Waals surface area contributed by atoms with Gasteiger partial charge in [0.1, 0.15) is 5.78 Å². The van der Waals surface area contributed by atoms with Crippen LogP contribution >= 0.6 is 0 Å². The standard InChI is InChI=1S/C21H34O5S/c1-13(22)17-6-7-18-16-5-4-14-12-15(26-27(23,24)25)8-10-20(14,2)19(16)9-11-21(17,18)3/h14-19H,4-12H2,1-3H3,(H,23,24,25)/t14-,15-,16-,17+,18-,19-,20-,21+/m0/s1/i1D3,17D. The summed E-state index contributed by atoms with van der Waals surface area (Å²) < 4.78 is 68.2. The van der Waals surface area contributed by atoms with E-state index in [-0.39, 0.29) is 11.3 Å². The maximum atomic E-state index is 12.8. The largest absolute Gasteiger partial charge is 0.397 e.